The predicted octanol–water partition coefficient (Wildman–Crippen LogP) is 4.66. The van der Waals surface area contributed by atoms with E-state index in [-0.39, 0.29) is 0 Å². The van der Waals surface area contributed by atoms with E-state index < -0.39 is 0 Å². The Morgan fingerprint density at radius 3 is 2.35 bits per heavy atom. The summed E-state index contributed by atoms with van der Waals surface area (Å²) < 4.78 is 11.4. The minimum atomic E-state index is 0.545. The van der Waals surface area contributed by atoms with Crippen molar-refractivity contribution in [3.05, 3.63) is 28.3 Å². The zero-order valence-corrected chi connectivity index (χ0v) is 13.1. The van der Waals surface area contributed by atoms with Crippen molar-refractivity contribution < 1.29 is 9.47 Å². The largest absolute Gasteiger partial charge is 0.493 e. The van der Waals surface area contributed by atoms with E-state index in [2.05, 4.69) is 32.9 Å². The second-order valence-corrected chi connectivity index (χ2v) is 6.24. The molecule has 108 valence electrons. The van der Waals surface area contributed by atoms with Gasteiger partial charge in [0, 0.05) is 11.1 Å². The first-order valence-electron chi connectivity index (χ1n) is 7.56. The quantitative estimate of drug-likeness (QED) is 0.779. The summed E-state index contributed by atoms with van der Waals surface area (Å²) in [7, 11) is 3.50. The van der Waals surface area contributed by atoms with Gasteiger partial charge in [-0.15, -0.1) is 0 Å². The van der Waals surface area contributed by atoms with Crippen molar-refractivity contribution in [1.29, 1.82) is 0 Å². The average molecular weight is 272 g/mol. The summed E-state index contributed by atoms with van der Waals surface area (Å²) in [6, 6.07) is 0. The van der Waals surface area contributed by atoms with Gasteiger partial charge in [0.15, 0.2) is 11.5 Å². The van der Waals surface area contributed by atoms with Gasteiger partial charge in [0.1, 0.15) is 0 Å². The highest BCUT2D eigenvalue weighted by atomic mass is 16.5. The third-order valence-corrected chi connectivity index (χ3v) is 5.16. The van der Waals surface area contributed by atoms with Crippen LogP contribution in [0.3, 0.4) is 0 Å². The number of ether oxygens (including phenoxy) is 2. The van der Waals surface area contributed by atoms with Gasteiger partial charge in [0.05, 0.1) is 14.2 Å². The van der Waals surface area contributed by atoms with E-state index >= 15 is 0 Å². The van der Waals surface area contributed by atoms with E-state index in [1.54, 1.807) is 14.2 Å². The summed E-state index contributed by atoms with van der Waals surface area (Å²) in [5.74, 6) is 3.67. The second kappa shape index (κ2) is 4.83. The predicted molar refractivity (Wildman–Crippen MR) is 82.9 cm³/mol. The molecule has 0 amide bonds. The van der Waals surface area contributed by atoms with Gasteiger partial charge in [0.2, 0.25) is 0 Å². The highest BCUT2D eigenvalue weighted by Gasteiger charge is 2.36. The summed E-state index contributed by atoms with van der Waals surface area (Å²) in [6.45, 7) is 6.79. The molecule has 0 spiro atoms. The van der Waals surface area contributed by atoms with Crippen LogP contribution in [0.25, 0.3) is 6.08 Å². The Balaban J connectivity index is 2.37. The van der Waals surface area contributed by atoms with Gasteiger partial charge in [-0.05, 0) is 48.6 Å². The van der Waals surface area contributed by atoms with Crippen LogP contribution in [0.5, 0.6) is 11.5 Å². The third kappa shape index (κ3) is 1.70. The minimum Gasteiger partial charge on any atom is -0.493 e. The maximum Gasteiger partial charge on any atom is 0.164 e. The lowest BCUT2D eigenvalue weighted by molar-refractivity contribution is 0.337. The Kier molecular flexibility index (Phi) is 3.27. The molecule has 0 saturated heterocycles. The Labute approximate surface area is 121 Å². The van der Waals surface area contributed by atoms with E-state index in [0.29, 0.717) is 17.8 Å². The van der Waals surface area contributed by atoms with E-state index in [1.807, 2.05) is 0 Å². The van der Waals surface area contributed by atoms with Crippen LogP contribution in [0.15, 0.2) is 6.08 Å². The molecule has 2 heteroatoms. The number of rotatable bonds is 2. The van der Waals surface area contributed by atoms with Crippen molar-refractivity contribution in [1.82, 2.24) is 0 Å². The van der Waals surface area contributed by atoms with E-state index in [4.69, 9.17) is 9.47 Å². The molecule has 3 rings (SSSR count). The normalized spacial score (nSPS) is 27.1. The van der Waals surface area contributed by atoms with Gasteiger partial charge >= 0.3 is 0 Å². The zero-order valence-electron chi connectivity index (χ0n) is 13.1. The number of hydrogen-bond acceptors (Lipinski definition) is 2. The van der Waals surface area contributed by atoms with Crippen molar-refractivity contribution in [2.75, 3.05) is 14.2 Å². The Morgan fingerprint density at radius 1 is 1.00 bits per heavy atom. The zero-order chi connectivity index (χ0) is 14.4. The SMILES string of the molecule is COc1c(C)c2c3c(c1OC)[C@@H](C)CC[C@@H]3[C@@H](C)C=C2. The molecule has 0 aromatic heterocycles. The first kappa shape index (κ1) is 13.5. The van der Waals surface area contributed by atoms with Crippen LogP contribution in [-0.4, -0.2) is 14.2 Å². The molecule has 0 saturated carbocycles. The second-order valence-electron chi connectivity index (χ2n) is 6.24. The van der Waals surface area contributed by atoms with Gasteiger partial charge < -0.3 is 9.47 Å². The molecular weight excluding hydrogens is 248 g/mol. The fourth-order valence-electron chi connectivity index (χ4n) is 4.06. The van der Waals surface area contributed by atoms with Crippen LogP contribution in [0.1, 0.15) is 60.8 Å². The van der Waals surface area contributed by atoms with Crippen LogP contribution >= 0.6 is 0 Å². The van der Waals surface area contributed by atoms with E-state index in [1.165, 1.54) is 35.1 Å². The molecule has 3 atom stereocenters. The molecule has 0 heterocycles. The molecule has 20 heavy (non-hydrogen) atoms. The molecule has 2 aliphatic carbocycles. The molecule has 0 radical (unpaired) electrons. The number of hydrogen-bond donors (Lipinski definition) is 0. The molecule has 0 aliphatic heterocycles. The Bertz CT molecular complexity index is 572. The van der Waals surface area contributed by atoms with Gasteiger partial charge in [0.25, 0.3) is 0 Å². The third-order valence-electron chi connectivity index (χ3n) is 5.16. The molecule has 0 fully saturated rings. The fraction of sp³-hybridized carbons (Fsp3) is 0.556. The first-order valence-corrected chi connectivity index (χ1v) is 7.56. The van der Waals surface area contributed by atoms with Crippen molar-refractivity contribution in [2.24, 2.45) is 5.92 Å². The summed E-state index contributed by atoms with van der Waals surface area (Å²) in [6.07, 6.45) is 7.15. The van der Waals surface area contributed by atoms with Crippen molar-refractivity contribution >= 4 is 6.08 Å². The van der Waals surface area contributed by atoms with Crippen LogP contribution in [0.2, 0.25) is 0 Å². The first-order chi connectivity index (χ1) is 9.60. The lowest BCUT2D eigenvalue weighted by Crippen LogP contribution is -2.23. The molecule has 0 bridgehead atoms. The Morgan fingerprint density at radius 2 is 1.70 bits per heavy atom. The minimum absolute atomic E-state index is 0.545. The van der Waals surface area contributed by atoms with Crippen LogP contribution in [0, 0.1) is 12.8 Å². The van der Waals surface area contributed by atoms with E-state index in [0.717, 1.165) is 11.5 Å². The lowest BCUT2D eigenvalue weighted by atomic mass is 9.67. The summed E-state index contributed by atoms with van der Waals surface area (Å²) in [5, 5.41) is 0. The number of benzene rings is 1. The van der Waals surface area contributed by atoms with Gasteiger partial charge in [-0.1, -0.05) is 26.0 Å². The van der Waals surface area contributed by atoms with Crippen molar-refractivity contribution in [3.8, 4) is 11.5 Å². The van der Waals surface area contributed by atoms with Crippen molar-refractivity contribution in [2.45, 2.75) is 45.4 Å². The van der Waals surface area contributed by atoms with E-state index in [9.17, 15) is 0 Å². The molecule has 2 aliphatic rings. The van der Waals surface area contributed by atoms with Crippen LogP contribution in [0.4, 0.5) is 0 Å². The van der Waals surface area contributed by atoms with Crippen LogP contribution in [-0.2, 0) is 0 Å². The standard InChI is InChI=1S/C18H24O2/c1-10-6-9-14-12(3)17(19-4)18(20-5)15-11(2)7-8-13(10)16(14)15/h6,9-11,13H,7-8H2,1-5H3/t10-,11-,13+/m0/s1. The smallest absolute Gasteiger partial charge is 0.164 e. The molecule has 2 nitrogen and oxygen atoms in total. The fourth-order valence-corrected chi connectivity index (χ4v) is 4.06. The molecular formula is C18H24O2. The topological polar surface area (TPSA) is 18.5 Å². The maximum absolute atomic E-state index is 5.74. The van der Waals surface area contributed by atoms with Crippen molar-refractivity contribution in [3.63, 3.8) is 0 Å². The van der Waals surface area contributed by atoms with Gasteiger partial charge in [-0.2, -0.15) is 0 Å². The lowest BCUT2D eigenvalue weighted by Gasteiger charge is -2.38. The molecule has 1 aromatic carbocycles. The molecule has 1 aromatic rings. The summed E-state index contributed by atoms with van der Waals surface area (Å²) in [4.78, 5) is 0. The van der Waals surface area contributed by atoms with Gasteiger partial charge in [-0.25, -0.2) is 0 Å². The van der Waals surface area contributed by atoms with Gasteiger partial charge in [-0.3, -0.25) is 0 Å². The average Bonchev–Trinajstić information content (AvgIpc) is 2.45. The number of allylic oxidation sites excluding steroid dienone is 1. The molecule has 0 N–H and O–H groups in total. The Hall–Kier alpha value is -1.44. The highest BCUT2D eigenvalue weighted by Crippen LogP contribution is 2.54. The maximum atomic E-state index is 5.74. The highest BCUT2D eigenvalue weighted by molar-refractivity contribution is 5.72. The number of methoxy groups -OCH3 is 2. The summed E-state index contributed by atoms with van der Waals surface area (Å²) in [5.41, 5.74) is 5.49. The summed E-state index contributed by atoms with van der Waals surface area (Å²) >= 11 is 0. The molecule has 0 unspecified atom stereocenters. The monoisotopic (exact) mass is 272 g/mol. The van der Waals surface area contributed by atoms with Crippen LogP contribution < -0.4 is 9.47 Å².